The molecule has 0 fully saturated rings. The van der Waals surface area contributed by atoms with Gasteiger partial charge in [0, 0.05) is 22.7 Å². The van der Waals surface area contributed by atoms with E-state index in [1.54, 1.807) is 34.0 Å². The zero-order chi connectivity index (χ0) is 21.0. The molecular formula is C23H17ClN4O2. The number of fused-ring (bicyclic) bond motifs is 4. The van der Waals surface area contributed by atoms with Crippen LogP contribution in [0.5, 0.6) is 0 Å². The minimum atomic E-state index is -1.21. The SMILES string of the molecule is C#CCN1C(=O)[C@@]2(CC(=O)Nc3c2cnn3-c2ccccc2C)c2cc(Cl)ccc21. The Kier molecular flexibility index (Phi) is 3.99. The number of carbonyl (C=O) groups is 2. The van der Waals surface area contributed by atoms with E-state index in [2.05, 4.69) is 16.3 Å². The molecule has 2 aliphatic heterocycles. The molecule has 1 spiro atoms. The van der Waals surface area contributed by atoms with Crippen molar-refractivity contribution in [2.45, 2.75) is 18.8 Å². The fourth-order valence-corrected chi connectivity index (χ4v) is 4.67. The molecule has 1 aromatic heterocycles. The van der Waals surface area contributed by atoms with Crippen molar-refractivity contribution >= 4 is 34.9 Å². The molecule has 30 heavy (non-hydrogen) atoms. The first kappa shape index (κ1) is 18.5. The molecule has 0 saturated carbocycles. The summed E-state index contributed by atoms with van der Waals surface area (Å²) in [6.45, 7) is 2.08. The van der Waals surface area contributed by atoms with E-state index in [1.807, 2.05) is 31.2 Å². The van der Waals surface area contributed by atoms with Crippen LogP contribution >= 0.6 is 11.6 Å². The molecule has 2 amide bonds. The molecule has 2 aromatic carbocycles. The summed E-state index contributed by atoms with van der Waals surface area (Å²) in [5.74, 6) is 2.53. The number of nitrogens with zero attached hydrogens (tertiary/aromatic N) is 3. The van der Waals surface area contributed by atoms with Crippen LogP contribution in [0.3, 0.4) is 0 Å². The number of rotatable bonds is 2. The number of amides is 2. The van der Waals surface area contributed by atoms with Gasteiger partial charge in [0.05, 0.1) is 18.4 Å². The van der Waals surface area contributed by atoms with E-state index in [4.69, 9.17) is 18.0 Å². The Morgan fingerprint density at radius 1 is 1.20 bits per heavy atom. The predicted octanol–water partition coefficient (Wildman–Crippen LogP) is 3.44. The number of nitrogens with one attached hydrogen (secondary N) is 1. The number of hydrogen-bond donors (Lipinski definition) is 1. The van der Waals surface area contributed by atoms with Crippen LogP contribution in [0.4, 0.5) is 11.5 Å². The lowest BCUT2D eigenvalue weighted by Gasteiger charge is -2.32. The van der Waals surface area contributed by atoms with Gasteiger partial charge in [0.2, 0.25) is 11.8 Å². The summed E-state index contributed by atoms with van der Waals surface area (Å²) in [7, 11) is 0. The van der Waals surface area contributed by atoms with Crippen molar-refractivity contribution in [3.8, 4) is 18.0 Å². The Morgan fingerprint density at radius 3 is 2.77 bits per heavy atom. The van der Waals surface area contributed by atoms with Crippen molar-refractivity contribution in [2.24, 2.45) is 0 Å². The number of aryl methyl sites for hydroxylation is 1. The monoisotopic (exact) mass is 416 g/mol. The van der Waals surface area contributed by atoms with Crippen molar-refractivity contribution in [3.63, 3.8) is 0 Å². The summed E-state index contributed by atoms with van der Waals surface area (Å²) >= 11 is 6.29. The van der Waals surface area contributed by atoms with E-state index in [0.717, 1.165) is 11.3 Å². The number of anilines is 2. The molecule has 0 unspecified atom stereocenters. The lowest BCUT2D eigenvalue weighted by atomic mass is 9.72. The van der Waals surface area contributed by atoms with Crippen LogP contribution in [0.25, 0.3) is 5.69 Å². The highest BCUT2D eigenvalue weighted by Gasteiger charge is 2.57. The van der Waals surface area contributed by atoms with Crippen LogP contribution < -0.4 is 10.2 Å². The Balaban J connectivity index is 1.79. The van der Waals surface area contributed by atoms with E-state index in [-0.39, 0.29) is 24.8 Å². The Labute approximate surface area is 178 Å². The van der Waals surface area contributed by atoms with Crippen molar-refractivity contribution in [1.29, 1.82) is 0 Å². The van der Waals surface area contributed by atoms with Gasteiger partial charge >= 0.3 is 0 Å². The topological polar surface area (TPSA) is 67.2 Å². The van der Waals surface area contributed by atoms with Crippen LogP contribution in [0, 0.1) is 19.3 Å². The maximum atomic E-state index is 13.7. The molecule has 0 aliphatic carbocycles. The first-order valence-corrected chi connectivity index (χ1v) is 9.85. The van der Waals surface area contributed by atoms with E-state index in [1.165, 1.54) is 0 Å². The molecule has 6 nitrogen and oxygen atoms in total. The smallest absolute Gasteiger partial charge is 0.243 e. The number of para-hydroxylation sites is 1. The third-order valence-corrected chi connectivity index (χ3v) is 6.06. The normalized spacial score (nSPS) is 19.4. The van der Waals surface area contributed by atoms with Gasteiger partial charge in [-0.2, -0.15) is 5.10 Å². The Bertz CT molecular complexity index is 1270. The minimum absolute atomic E-state index is 0.0350. The van der Waals surface area contributed by atoms with Crippen molar-refractivity contribution in [3.05, 3.63) is 70.4 Å². The average Bonchev–Trinajstić information content (AvgIpc) is 3.23. The number of terminal acetylenes is 1. The van der Waals surface area contributed by atoms with Gasteiger partial charge in [-0.15, -0.1) is 6.42 Å². The highest BCUT2D eigenvalue weighted by molar-refractivity contribution is 6.31. The molecule has 1 N–H and O–H groups in total. The second-order valence-corrected chi connectivity index (χ2v) is 7.93. The molecule has 0 bridgehead atoms. The number of benzene rings is 2. The quantitative estimate of drug-likeness (QED) is 0.651. The van der Waals surface area contributed by atoms with Crippen LogP contribution in [-0.2, 0) is 15.0 Å². The second kappa shape index (κ2) is 6.48. The molecule has 2 aliphatic rings. The standard InChI is InChI=1S/C23H17ClN4O2/c1-3-10-27-19-9-8-15(24)11-16(19)23(22(27)30)12-20(29)26-21-17(23)13-25-28(21)18-7-5-4-6-14(18)2/h1,4-9,11,13H,10,12H2,2H3,(H,26,29)/t23-/m0/s1. The fraction of sp³-hybridized carbons (Fsp3) is 0.174. The Morgan fingerprint density at radius 2 is 2.00 bits per heavy atom. The van der Waals surface area contributed by atoms with Crippen LogP contribution in [0.15, 0.2) is 48.7 Å². The molecule has 148 valence electrons. The largest absolute Gasteiger partial charge is 0.310 e. The van der Waals surface area contributed by atoms with E-state index in [0.29, 0.717) is 27.7 Å². The minimum Gasteiger partial charge on any atom is -0.310 e. The molecule has 0 radical (unpaired) electrons. The summed E-state index contributed by atoms with van der Waals surface area (Å²) in [5, 5.41) is 7.94. The van der Waals surface area contributed by atoms with Gasteiger partial charge in [-0.1, -0.05) is 35.7 Å². The van der Waals surface area contributed by atoms with Gasteiger partial charge < -0.3 is 5.32 Å². The second-order valence-electron chi connectivity index (χ2n) is 7.49. The zero-order valence-electron chi connectivity index (χ0n) is 16.1. The van der Waals surface area contributed by atoms with Gasteiger partial charge in [-0.25, -0.2) is 4.68 Å². The van der Waals surface area contributed by atoms with Gasteiger partial charge in [0.25, 0.3) is 0 Å². The molecule has 3 heterocycles. The highest BCUT2D eigenvalue weighted by Crippen LogP contribution is 2.53. The Hall–Kier alpha value is -3.56. The molecule has 5 rings (SSSR count). The lowest BCUT2D eigenvalue weighted by Crippen LogP contribution is -2.46. The number of halogens is 1. The fourth-order valence-electron chi connectivity index (χ4n) is 4.50. The predicted molar refractivity (Wildman–Crippen MR) is 115 cm³/mol. The molecule has 1 atom stereocenters. The van der Waals surface area contributed by atoms with Crippen molar-refractivity contribution in [2.75, 3.05) is 16.8 Å². The first-order valence-electron chi connectivity index (χ1n) is 9.47. The number of hydrogen-bond acceptors (Lipinski definition) is 3. The van der Waals surface area contributed by atoms with Crippen LogP contribution in [0.1, 0.15) is 23.1 Å². The third-order valence-electron chi connectivity index (χ3n) is 5.83. The highest BCUT2D eigenvalue weighted by atomic mass is 35.5. The lowest BCUT2D eigenvalue weighted by molar-refractivity contribution is -0.126. The zero-order valence-corrected chi connectivity index (χ0v) is 16.9. The summed E-state index contributed by atoms with van der Waals surface area (Å²) in [6.07, 6.45) is 7.15. The molecule has 0 saturated heterocycles. The molecule has 3 aromatic rings. The van der Waals surface area contributed by atoms with Gasteiger partial charge in [-0.05, 0) is 42.3 Å². The average molecular weight is 417 g/mol. The number of carbonyl (C=O) groups excluding carboxylic acids is 2. The van der Waals surface area contributed by atoms with Gasteiger partial charge in [-0.3, -0.25) is 14.5 Å². The van der Waals surface area contributed by atoms with Crippen LogP contribution in [-0.4, -0.2) is 28.1 Å². The van der Waals surface area contributed by atoms with Crippen molar-refractivity contribution in [1.82, 2.24) is 9.78 Å². The summed E-state index contributed by atoms with van der Waals surface area (Å²) < 4.78 is 1.67. The summed E-state index contributed by atoms with van der Waals surface area (Å²) in [6, 6.07) is 13.0. The van der Waals surface area contributed by atoms with E-state index in [9.17, 15) is 9.59 Å². The maximum Gasteiger partial charge on any atom is 0.243 e. The summed E-state index contributed by atoms with van der Waals surface area (Å²) in [5.41, 5.74) is 2.59. The third kappa shape index (κ3) is 2.36. The van der Waals surface area contributed by atoms with Gasteiger partial charge in [0.1, 0.15) is 11.2 Å². The van der Waals surface area contributed by atoms with Crippen molar-refractivity contribution < 1.29 is 9.59 Å². The molecule has 7 heteroatoms. The summed E-state index contributed by atoms with van der Waals surface area (Å²) in [4.78, 5) is 28.1. The van der Waals surface area contributed by atoms with Gasteiger partial charge in [0.15, 0.2) is 0 Å². The van der Waals surface area contributed by atoms with E-state index < -0.39 is 5.41 Å². The molecular weight excluding hydrogens is 400 g/mol. The van der Waals surface area contributed by atoms with E-state index >= 15 is 0 Å². The first-order chi connectivity index (χ1) is 14.5. The van der Waals surface area contributed by atoms with Crippen LogP contribution in [0.2, 0.25) is 5.02 Å². The maximum absolute atomic E-state index is 13.7. The number of aromatic nitrogens is 2.